The molecule has 2 aliphatic rings. The number of aromatic amines is 1. The number of fused-ring (bicyclic) bond motifs is 1. The molecule has 2 atom stereocenters. The summed E-state index contributed by atoms with van der Waals surface area (Å²) < 4.78 is 49.3. The first-order chi connectivity index (χ1) is 18.1. The third-order valence-corrected chi connectivity index (χ3v) is 8.52. The lowest BCUT2D eigenvalue weighted by molar-refractivity contribution is 0.0390. The normalized spacial score (nSPS) is 18.3. The third kappa shape index (κ3) is 4.34. The summed E-state index contributed by atoms with van der Waals surface area (Å²) in [6.07, 6.45) is 3.80. The van der Waals surface area contributed by atoms with Crippen molar-refractivity contribution < 1.29 is 18.1 Å². The SMILES string of the molecule is C[C@@H](Oc1cc2c(-c3cnc(N4CC5(C4)CN([S+](C)[O-])C5)c(F)c3)n[nH]c2cc1F)c1c(Cl)cnnc1Cl. The van der Waals surface area contributed by atoms with Gasteiger partial charge in [0.15, 0.2) is 28.4 Å². The number of rotatable bonds is 6. The van der Waals surface area contributed by atoms with Crippen molar-refractivity contribution >= 4 is 51.3 Å². The summed E-state index contributed by atoms with van der Waals surface area (Å²) in [6.45, 7) is 4.46. The van der Waals surface area contributed by atoms with Gasteiger partial charge in [-0.2, -0.15) is 10.2 Å². The average Bonchev–Trinajstić information content (AvgIpc) is 3.20. The van der Waals surface area contributed by atoms with Gasteiger partial charge in [-0.05, 0) is 19.1 Å². The third-order valence-electron chi connectivity index (χ3n) is 6.96. The van der Waals surface area contributed by atoms with Gasteiger partial charge in [0.1, 0.15) is 18.1 Å². The largest absolute Gasteiger partial charge is 0.598 e. The number of hydrogen-bond donors (Lipinski definition) is 1. The second-order valence-electron chi connectivity index (χ2n) is 9.66. The second kappa shape index (κ2) is 9.45. The lowest BCUT2D eigenvalue weighted by atomic mass is 9.74. The molecule has 1 N–H and O–H groups in total. The highest BCUT2D eigenvalue weighted by Gasteiger charge is 2.55. The first kappa shape index (κ1) is 25.5. The fourth-order valence-corrected chi connectivity index (χ4v) is 6.63. The fraction of sp³-hybridized carbons (Fsp3) is 0.333. The number of aromatic nitrogens is 5. The summed E-state index contributed by atoms with van der Waals surface area (Å²) in [6, 6.07) is 4.11. The Hall–Kier alpha value is -2.77. The van der Waals surface area contributed by atoms with E-state index in [-0.39, 0.29) is 27.2 Å². The number of hydrogen-bond acceptors (Lipinski definition) is 8. The molecule has 3 aromatic heterocycles. The number of halogens is 4. The van der Waals surface area contributed by atoms with Crippen molar-refractivity contribution in [2.75, 3.05) is 37.3 Å². The summed E-state index contributed by atoms with van der Waals surface area (Å²) in [4.78, 5) is 6.24. The minimum absolute atomic E-state index is 0.0508. The molecule has 0 radical (unpaired) electrons. The minimum Gasteiger partial charge on any atom is -0.598 e. The summed E-state index contributed by atoms with van der Waals surface area (Å²) in [5, 5.41) is 15.3. The van der Waals surface area contributed by atoms with Crippen molar-refractivity contribution in [1.29, 1.82) is 0 Å². The molecule has 4 aromatic rings. The number of nitrogens with one attached hydrogen (secondary N) is 1. The summed E-state index contributed by atoms with van der Waals surface area (Å²) in [7, 11) is 0. The van der Waals surface area contributed by atoms with E-state index >= 15 is 4.39 Å². The van der Waals surface area contributed by atoms with Crippen LogP contribution in [0.25, 0.3) is 22.2 Å². The molecular weight excluding hydrogens is 559 g/mol. The number of ether oxygens (including phenoxy) is 1. The van der Waals surface area contributed by atoms with E-state index < -0.39 is 29.1 Å². The maximum absolute atomic E-state index is 15.1. The van der Waals surface area contributed by atoms with Crippen molar-refractivity contribution in [3.63, 3.8) is 0 Å². The Morgan fingerprint density at radius 1 is 1.13 bits per heavy atom. The maximum Gasteiger partial charge on any atom is 0.167 e. The molecule has 6 rings (SSSR count). The molecule has 1 aromatic carbocycles. The van der Waals surface area contributed by atoms with E-state index in [0.717, 1.165) is 13.1 Å². The molecule has 198 valence electrons. The Morgan fingerprint density at radius 3 is 2.58 bits per heavy atom. The number of pyridine rings is 1. The van der Waals surface area contributed by atoms with Gasteiger partial charge < -0.3 is 14.2 Å². The van der Waals surface area contributed by atoms with E-state index in [9.17, 15) is 8.94 Å². The van der Waals surface area contributed by atoms with Crippen molar-refractivity contribution in [3.8, 4) is 17.0 Å². The predicted molar refractivity (Wildman–Crippen MR) is 141 cm³/mol. The number of nitrogens with zero attached hydrogens (tertiary/aromatic N) is 6. The van der Waals surface area contributed by atoms with E-state index in [4.69, 9.17) is 27.9 Å². The van der Waals surface area contributed by atoms with Gasteiger partial charge in [0.05, 0.1) is 35.4 Å². The molecule has 2 fully saturated rings. The van der Waals surface area contributed by atoms with Crippen LogP contribution >= 0.6 is 23.2 Å². The average molecular weight is 580 g/mol. The van der Waals surface area contributed by atoms with Gasteiger partial charge >= 0.3 is 0 Å². The highest BCUT2D eigenvalue weighted by molar-refractivity contribution is 7.88. The quantitative estimate of drug-likeness (QED) is 0.331. The molecule has 5 heterocycles. The van der Waals surface area contributed by atoms with Crippen LogP contribution < -0.4 is 9.64 Å². The highest BCUT2D eigenvalue weighted by Crippen LogP contribution is 2.43. The number of benzene rings is 1. The minimum atomic E-state index is -0.983. The van der Waals surface area contributed by atoms with Crippen LogP contribution in [-0.2, 0) is 11.4 Å². The van der Waals surface area contributed by atoms with Crippen molar-refractivity contribution in [1.82, 2.24) is 29.7 Å². The summed E-state index contributed by atoms with van der Waals surface area (Å²) >= 11 is 11.3. The van der Waals surface area contributed by atoms with Crippen LogP contribution in [-0.4, -0.2) is 66.7 Å². The molecule has 2 aliphatic heterocycles. The van der Waals surface area contributed by atoms with Crippen LogP contribution in [0.15, 0.2) is 30.6 Å². The molecule has 0 saturated carbocycles. The van der Waals surface area contributed by atoms with Gasteiger partial charge in [0.2, 0.25) is 0 Å². The molecule has 0 bridgehead atoms. The van der Waals surface area contributed by atoms with Gasteiger partial charge in [-0.1, -0.05) is 23.2 Å². The predicted octanol–water partition coefficient (Wildman–Crippen LogP) is 4.56. The van der Waals surface area contributed by atoms with Crippen molar-refractivity contribution in [3.05, 3.63) is 58.0 Å². The zero-order valence-corrected chi connectivity index (χ0v) is 22.5. The standard InChI is InChI=1S/C24H21Cl2F2N7O2S/c1-12(20-15(25)7-30-33-22(20)26)37-19-4-14-18(5-16(19)27)31-32-21(14)13-3-17(28)23(29-6-13)34-8-24(9-34)10-35(11-24)38(2)36/h3-7,12H,8-11H2,1-2H3,(H,31,32)/t12-,38?/m1/s1. The molecule has 14 heteroatoms. The number of H-pyrrole nitrogens is 1. The Morgan fingerprint density at radius 2 is 1.89 bits per heavy atom. The smallest absolute Gasteiger partial charge is 0.167 e. The first-order valence-corrected chi connectivity index (χ1v) is 13.9. The maximum atomic E-state index is 15.1. The lowest BCUT2D eigenvalue weighted by Gasteiger charge is -2.58. The van der Waals surface area contributed by atoms with Crippen molar-refractivity contribution in [2.24, 2.45) is 5.41 Å². The molecule has 0 amide bonds. The molecule has 1 unspecified atom stereocenters. The van der Waals surface area contributed by atoms with E-state index in [0.29, 0.717) is 40.8 Å². The topological polar surface area (TPSA) is 106 Å². The van der Waals surface area contributed by atoms with E-state index in [2.05, 4.69) is 25.4 Å². The highest BCUT2D eigenvalue weighted by atomic mass is 35.5. The van der Waals surface area contributed by atoms with E-state index in [1.54, 1.807) is 19.4 Å². The monoisotopic (exact) mass is 579 g/mol. The fourth-order valence-electron chi connectivity index (χ4n) is 5.08. The van der Waals surface area contributed by atoms with Crippen LogP contribution in [0.1, 0.15) is 18.6 Å². The number of anilines is 1. The van der Waals surface area contributed by atoms with Crippen LogP contribution in [0.2, 0.25) is 10.2 Å². The lowest BCUT2D eigenvalue weighted by Crippen LogP contribution is -2.73. The van der Waals surface area contributed by atoms with Gasteiger partial charge in [0.25, 0.3) is 0 Å². The van der Waals surface area contributed by atoms with Crippen LogP contribution in [0.3, 0.4) is 0 Å². The van der Waals surface area contributed by atoms with Crippen molar-refractivity contribution in [2.45, 2.75) is 13.0 Å². The zero-order valence-electron chi connectivity index (χ0n) is 20.2. The first-order valence-electron chi connectivity index (χ1n) is 11.6. The van der Waals surface area contributed by atoms with E-state index in [1.807, 2.05) is 9.21 Å². The molecule has 2 saturated heterocycles. The second-order valence-corrected chi connectivity index (χ2v) is 11.8. The zero-order chi connectivity index (χ0) is 26.8. The molecule has 1 spiro atoms. The Labute approximate surface area is 229 Å². The summed E-state index contributed by atoms with van der Waals surface area (Å²) in [5.41, 5.74) is 1.67. The van der Waals surface area contributed by atoms with Gasteiger partial charge in [0, 0.05) is 53.1 Å². The Balaban J connectivity index is 1.24. The molecule has 38 heavy (non-hydrogen) atoms. The molecule has 0 aliphatic carbocycles. The summed E-state index contributed by atoms with van der Waals surface area (Å²) in [5.74, 6) is -0.902. The Kier molecular flexibility index (Phi) is 6.35. The van der Waals surface area contributed by atoms with Crippen LogP contribution in [0.5, 0.6) is 5.75 Å². The molecular formula is C24H21Cl2F2N7O2S. The van der Waals surface area contributed by atoms with E-state index in [1.165, 1.54) is 24.4 Å². The van der Waals surface area contributed by atoms with Gasteiger partial charge in [-0.15, -0.1) is 9.40 Å². The van der Waals surface area contributed by atoms with Gasteiger partial charge in [-0.3, -0.25) is 5.10 Å². The molecule has 9 nitrogen and oxygen atoms in total. The van der Waals surface area contributed by atoms with Gasteiger partial charge in [-0.25, -0.2) is 13.8 Å². The van der Waals surface area contributed by atoms with Crippen LogP contribution in [0.4, 0.5) is 14.6 Å². The van der Waals surface area contributed by atoms with Crippen LogP contribution in [0, 0.1) is 17.0 Å². The Bertz CT molecular complexity index is 1520.